The maximum Gasteiger partial charge on any atom is 0.123 e. The Morgan fingerprint density at radius 3 is 2.69 bits per heavy atom. The fourth-order valence-electron chi connectivity index (χ4n) is 2.06. The molecule has 16 heavy (non-hydrogen) atoms. The van der Waals surface area contributed by atoms with E-state index in [-0.39, 0.29) is 11.2 Å². The van der Waals surface area contributed by atoms with Crippen LogP contribution >= 0.6 is 11.6 Å². The summed E-state index contributed by atoms with van der Waals surface area (Å²) in [5, 5.41) is -0.168. The second kappa shape index (κ2) is 4.62. The molecule has 1 aromatic carbocycles. The Morgan fingerprint density at radius 1 is 1.44 bits per heavy atom. The SMILES string of the molecule is COc1ccc(F)cc1C(Cl)C(C)C1CC1. The number of alkyl halides is 1. The summed E-state index contributed by atoms with van der Waals surface area (Å²) in [4.78, 5) is 0. The predicted molar refractivity (Wildman–Crippen MR) is 63.4 cm³/mol. The van der Waals surface area contributed by atoms with Gasteiger partial charge in [0.15, 0.2) is 0 Å². The zero-order valence-corrected chi connectivity index (χ0v) is 10.3. The number of hydrogen-bond donors (Lipinski definition) is 0. The molecule has 2 unspecified atom stereocenters. The Hall–Kier alpha value is -0.760. The van der Waals surface area contributed by atoms with Crippen LogP contribution < -0.4 is 4.74 Å². The van der Waals surface area contributed by atoms with Gasteiger partial charge in [-0.1, -0.05) is 6.92 Å². The first-order chi connectivity index (χ1) is 7.63. The zero-order chi connectivity index (χ0) is 11.7. The van der Waals surface area contributed by atoms with Crippen LogP contribution in [0, 0.1) is 17.7 Å². The first kappa shape index (κ1) is 11.7. The molecule has 1 aromatic rings. The Kier molecular flexibility index (Phi) is 3.38. The summed E-state index contributed by atoms with van der Waals surface area (Å²) >= 11 is 6.40. The summed E-state index contributed by atoms with van der Waals surface area (Å²) in [6, 6.07) is 4.52. The van der Waals surface area contributed by atoms with Crippen LogP contribution in [0.2, 0.25) is 0 Å². The van der Waals surface area contributed by atoms with E-state index in [4.69, 9.17) is 16.3 Å². The monoisotopic (exact) mass is 242 g/mol. The number of ether oxygens (including phenoxy) is 1. The summed E-state index contributed by atoms with van der Waals surface area (Å²) in [7, 11) is 1.59. The number of halogens is 2. The van der Waals surface area contributed by atoms with E-state index in [0.717, 1.165) is 5.56 Å². The van der Waals surface area contributed by atoms with Gasteiger partial charge in [0.1, 0.15) is 11.6 Å². The quantitative estimate of drug-likeness (QED) is 0.721. The molecule has 0 aromatic heterocycles. The van der Waals surface area contributed by atoms with Crippen molar-refractivity contribution in [2.45, 2.75) is 25.1 Å². The van der Waals surface area contributed by atoms with E-state index in [0.29, 0.717) is 17.6 Å². The minimum atomic E-state index is -0.260. The number of rotatable bonds is 4. The van der Waals surface area contributed by atoms with Crippen molar-refractivity contribution >= 4 is 11.6 Å². The van der Waals surface area contributed by atoms with Gasteiger partial charge in [-0.25, -0.2) is 4.39 Å². The maximum atomic E-state index is 13.2. The summed E-state index contributed by atoms with van der Waals surface area (Å²) in [6.07, 6.45) is 2.48. The van der Waals surface area contributed by atoms with Crippen molar-refractivity contribution in [1.29, 1.82) is 0 Å². The van der Waals surface area contributed by atoms with E-state index >= 15 is 0 Å². The molecule has 0 radical (unpaired) electrons. The highest BCUT2D eigenvalue weighted by Gasteiger charge is 2.34. The van der Waals surface area contributed by atoms with Gasteiger partial charge in [0.25, 0.3) is 0 Å². The lowest BCUT2D eigenvalue weighted by Crippen LogP contribution is -2.08. The highest BCUT2D eigenvalue weighted by Crippen LogP contribution is 2.47. The highest BCUT2D eigenvalue weighted by atomic mass is 35.5. The molecule has 0 bridgehead atoms. The van der Waals surface area contributed by atoms with Crippen LogP contribution in [-0.4, -0.2) is 7.11 Å². The van der Waals surface area contributed by atoms with Gasteiger partial charge in [-0.05, 0) is 42.9 Å². The molecule has 2 atom stereocenters. The molecule has 1 aliphatic rings. The van der Waals surface area contributed by atoms with Gasteiger partial charge in [-0.2, -0.15) is 0 Å². The number of benzene rings is 1. The topological polar surface area (TPSA) is 9.23 Å². The summed E-state index contributed by atoms with van der Waals surface area (Å²) in [6.45, 7) is 2.12. The second-order valence-electron chi connectivity index (χ2n) is 4.48. The van der Waals surface area contributed by atoms with Crippen molar-refractivity contribution in [2.75, 3.05) is 7.11 Å². The molecule has 0 spiro atoms. The lowest BCUT2D eigenvalue weighted by Gasteiger charge is -2.20. The van der Waals surface area contributed by atoms with E-state index in [1.165, 1.54) is 25.0 Å². The van der Waals surface area contributed by atoms with Crippen LogP contribution in [0.25, 0.3) is 0 Å². The third-order valence-electron chi connectivity index (χ3n) is 3.32. The van der Waals surface area contributed by atoms with Crippen molar-refractivity contribution in [3.8, 4) is 5.75 Å². The van der Waals surface area contributed by atoms with Gasteiger partial charge >= 0.3 is 0 Å². The van der Waals surface area contributed by atoms with E-state index in [2.05, 4.69) is 6.92 Å². The standard InChI is InChI=1S/C13H16ClFO/c1-8(9-3-4-9)13(14)11-7-10(15)5-6-12(11)16-2/h5-9,13H,3-4H2,1-2H3. The van der Waals surface area contributed by atoms with E-state index in [9.17, 15) is 4.39 Å². The van der Waals surface area contributed by atoms with Gasteiger partial charge in [0, 0.05) is 5.56 Å². The smallest absolute Gasteiger partial charge is 0.123 e. The van der Waals surface area contributed by atoms with Crippen molar-refractivity contribution in [2.24, 2.45) is 11.8 Å². The van der Waals surface area contributed by atoms with Crippen LogP contribution in [0.3, 0.4) is 0 Å². The molecule has 0 heterocycles. The molecule has 0 aliphatic heterocycles. The average Bonchev–Trinajstić information content (AvgIpc) is 3.11. The van der Waals surface area contributed by atoms with Gasteiger partial charge in [-0.15, -0.1) is 11.6 Å². The number of hydrogen-bond acceptors (Lipinski definition) is 1. The molecule has 0 N–H and O–H groups in total. The van der Waals surface area contributed by atoms with Crippen LogP contribution in [0.1, 0.15) is 30.7 Å². The second-order valence-corrected chi connectivity index (χ2v) is 4.95. The highest BCUT2D eigenvalue weighted by molar-refractivity contribution is 6.21. The maximum absolute atomic E-state index is 13.2. The van der Waals surface area contributed by atoms with Crippen LogP contribution in [0.4, 0.5) is 4.39 Å². The Balaban J connectivity index is 2.26. The van der Waals surface area contributed by atoms with Crippen molar-refractivity contribution < 1.29 is 9.13 Å². The molecule has 2 rings (SSSR count). The molecule has 3 heteroatoms. The van der Waals surface area contributed by atoms with Crippen LogP contribution in [0.15, 0.2) is 18.2 Å². The van der Waals surface area contributed by atoms with Gasteiger partial charge < -0.3 is 4.74 Å². The van der Waals surface area contributed by atoms with E-state index in [1.807, 2.05) is 0 Å². The summed E-state index contributed by atoms with van der Waals surface area (Å²) in [5.74, 6) is 1.48. The lowest BCUT2D eigenvalue weighted by molar-refractivity contribution is 0.398. The molecule has 0 saturated heterocycles. The Labute approximate surface area is 101 Å². The number of methoxy groups -OCH3 is 1. The molecule has 1 fully saturated rings. The first-order valence-electron chi connectivity index (χ1n) is 5.61. The predicted octanol–water partition coefficient (Wildman–Crippen LogP) is 4.16. The molecule has 88 valence electrons. The third-order valence-corrected chi connectivity index (χ3v) is 3.95. The Morgan fingerprint density at radius 2 is 2.12 bits per heavy atom. The summed E-state index contributed by atoms with van der Waals surface area (Å²) in [5.41, 5.74) is 0.767. The zero-order valence-electron chi connectivity index (χ0n) is 9.54. The van der Waals surface area contributed by atoms with Gasteiger partial charge in [-0.3, -0.25) is 0 Å². The minimum absolute atomic E-state index is 0.168. The lowest BCUT2D eigenvalue weighted by atomic mass is 9.95. The van der Waals surface area contributed by atoms with Crippen molar-refractivity contribution in [3.05, 3.63) is 29.6 Å². The Bertz CT molecular complexity index is 376. The normalized spacial score (nSPS) is 19.2. The van der Waals surface area contributed by atoms with Crippen LogP contribution in [-0.2, 0) is 0 Å². The first-order valence-corrected chi connectivity index (χ1v) is 6.04. The van der Waals surface area contributed by atoms with Gasteiger partial charge in [0.05, 0.1) is 12.5 Å². The largest absolute Gasteiger partial charge is 0.496 e. The van der Waals surface area contributed by atoms with E-state index < -0.39 is 0 Å². The minimum Gasteiger partial charge on any atom is -0.496 e. The van der Waals surface area contributed by atoms with Crippen LogP contribution in [0.5, 0.6) is 5.75 Å². The summed E-state index contributed by atoms with van der Waals surface area (Å²) < 4.78 is 18.4. The molecule has 1 saturated carbocycles. The molecule has 1 nitrogen and oxygen atoms in total. The molecule has 0 amide bonds. The third kappa shape index (κ3) is 2.32. The average molecular weight is 243 g/mol. The van der Waals surface area contributed by atoms with Gasteiger partial charge in [0.2, 0.25) is 0 Å². The molecular formula is C13H16ClFO. The van der Waals surface area contributed by atoms with E-state index in [1.54, 1.807) is 13.2 Å². The molecule has 1 aliphatic carbocycles. The molecular weight excluding hydrogens is 227 g/mol. The fraction of sp³-hybridized carbons (Fsp3) is 0.538. The van der Waals surface area contributed by atoms with Crippen molar-refractivity contribution in [3.63, 3.8) is 0 Å². The van der Waals surface area contributed by atoms with Crippen molar-refractivity contribution in [1.82, 2.24) is 0 Å². The fourth-order valence-corrected chi connectivity index (χ4v) is 2.44.